The van der Waals surface area contributed by atoms with Gasteiger partial charge in [-0.1, -0.05) is 48.5 Å². The van der Waals surface area contributed by atoms with Crippen LogP contribution in [-0.4, -0.2) is 28.7 Å². The molecule has 0 saturated carbocycles. The van der Waals surface area contributed by atoms with Gasteiger partial charge in [0, 0.05) is 30.7 Å². The minimum absolute atomic E-state index is 0.115. The Balaban J connectivity index is 1.73. The Hall–Kier alpha value is -2.99. The number of likely N-dealkylation sites (N-methyl/N-ethyl adjacent to an activating group) is 1. The lowest BCUT2D eigenvalue weighted by Gasteiger charge is -2.30. The minimum Gasteiger partial charge on any atom is -0.318 e. The van der Waals surface area contributed by atoms with Crippen LogP contribution in [0.1, 0.15) is 27.5 Å². The van der Waals surface area contributed by atoms with Gasteiger partial charge in [-0.05, 0) is 17.2 Å². The van der Waals surface area contributed by atoms with Crippen molar-refractivity contribution in [3.05, 3.63) is 82.9 Å². The third kappa shape index (κ3) is 2.78. The number of aromatic nitrogens is 1. The van der Waals surface area contributed by atoms with Gasteiger partial charge in [-0.25, -0.2) is 4.98 Å². The van der Waals surface area contributed by atoms with Crippen LogP contribution in [0, 0.1) is 0 Å². The molecule has 4 rings (SSSR count). The van der Waals surface area contributed by atoms with Crippen molar-refractivity contribution in [2.45, 2.75) is 12.6 Å². The summed E-state index contributed by atoms with van der Waals surface area (Å²) in [4.78, 5) is 33.7. The largest absolute Gasteiger partial charge is 0.318 e. The van der Waals surface area contributed by atoms with E-state index in [9.17, 15) is 9.59 Å². The summed E-state index contributed by atoms with van der Waals surface area (Å²) in [6.45, 7) is 0.423. The number of amides is 2. The fraction of sp³-hybridized carbons (Fsp3) is 0.150. The number of carbonyl (C=O) groups excluding carboxylic acids is 2. The topological polar surface area (TPSA) is 53.5 Å². The van der Waals surface area contributed by atoms with Crippen molar-refractivity contribution in [3.8, 4) is 0 Å². The summed E-state index contributed by atoms with van der Waals surface area (Å²) in [5, 5.41) is 2.44. The predicted molar refractivity (Wildman–Crippen MR) is 101 cm³/mol. The molecule has 26 heavy (non-hydrogen) atoms. The fourth-order valence-electron chi connectivity index (χ4n) is 3.24. The molecule has 0 saturated heterocycles. The van der Waals surface area contributed by atoms with E-state index in [0.717, 1.165) is 11.1 Å². The van der Waals surface area contributed by atoms with Gasteiger partial charge in [0.15, 0.2) is 5.13 Å². The third-order valence-electron chi connectivity index (χ3n) is 4.55. The lowest BCUT2D eigenvalue weighted by atomic mass is 10.0. The maximum atomic E-state index is 13.3. The average Bonchev–Trinajstić information content (AvgIpc) is 3.32. The van der Waals surface area contributed by atoms with E-state index in [1.165, 1.54) is 16.2 Å². The molecule has 0 fully saturated rings. The zero-order valence-electron chi connectivity index (χ0n) is 14.2. The Kier molecular flexibility index (Phi) is 4.26. The van der Waals surface area contributed by atoms with Crippen LogP contribution < -0.4 is 4.90 Å². The van der Waals surface area contributed by atoms with Crippen LogP contribution in [0.5, 0.6) is 0 Å². The van der Waals surface area contributed by atoms with E-state index in [0.29, 0.717) is 17.2 Å². The van der Waals surface area contributed by atoms with Gasteiger partial charge >= 0.3 is 0 Å². The number of carbonyl (C=O) groups is 2. The molecule has 6 heteroatoms. The quantitative estimate of drug-likeness (QED) is 0.713. The maximum Gasteiger partial charge on any atom is 0.255 e. The molecule has 1 aliphatic rings. The van der Waals surface area contributed by atoms with Crippen molar-refractivity contribution in [3.63, 3.8) is 0 Å². The normalized spacial score (nSPS) is 14.2. The van der Waals surface area contributed by atoms with Gasteiger partial charge in [-0.3, -0.25) is 14.5 Å². The Morgan fingerprint density at radius 1 is 1.15 bits per heavy atom. The summed E-state index contributed by atoms with van der Waals surface area (Å²) in [7, 11) is 1.70. The van der Waals surface area contributed by atoms with Crippen LogP contribution >= 0.6 is 11.3 Å². The first-order valence-corrected chi connectivity index (χ1v) is 9.15. The highest BCUT2D eigenvalue weighted by Crippen LogP contribution is 2.33. The zero-order valence-corrected chi connectivity index (χ0v) is 15.0. The number of thiazole rings is 1. The molecule has 0 aliphatic carbocycles. The second-order valence-corrected chi connectivity index (χ2v) is 6.99. The highest BCUT2D eigenvalue weighted by Gasteiger charge is 2.38. The summed E-state index contributed by atoms with van der Waals surface area (Å²) in [5.74, 6) is -0.289. The second-order valence-electron chi connectivity index (χ2n) is 6.12. The van der Waals surface area contributed by atoms with Crippen molar-refractivity contribution in [2.75, 3.05) is 11.9 Å². The van der Waals surface area contributed by atoms with Crippen LogP contribution in [0.3, 0.4) is 0 Å². The summed E-state index contributed by atoms with van der Waals surface area (Å²) in [6, 6.07) is 16.3. The van der Waals surface area contributed by atoms with E-state index >= 15 is 0 Å². The third-order valence-corrected chi connectivity index (χ3v) is 5.39. The molecular weight excluding hydrogens is 346 g/mol. The Morgan fingerprint density at radius 3 is 2.58 bits per heavy atom. The van der Waals surface area contributed by atoms with Gasteiger partial charge < -0.3 is 4.90 Å². The second kappa shape index (κ2) is 6.72. The van der Waals surface area contributed by atoms with E-state index in [4.69, 9.17) is 0 Å². The molecule has 2 heterocycles. The fourth-order valence-corrected chi connectivity index (χ4v) is 3.85. The molecule has 0 unspecified atom stereocenters. The van der Waals surface area contributed by atoms with E-state index in [-0.39, 0.29) is 11.8 Å². The van der Waals surface area contributed by atoms with E-state index in [2.05, 4.69) is 4.98 Å². The summed E-state index contributed by atoms with van der Waals surface area (Å²) >= 11 is 1.39. The van der Waals surface area contributed by atoms with Crippen molar-refractivity contribution in [1.82, 2.24) is 9.88 Å². The highest BCUT2D eigenvalue weighted by molar-refractivity contribution is 7.13. The van der Waals surface area contributed by atoms with E-state index in [1.807, 2.05) is 60.0 Å². The van der Waals surface area contributed by atoms with Gasteiger partial charge in [0.25, 0.3) is 11.8 Å². The van der Waals surface area contributed by atoms with Gasteiger partial charge in [0.2, 0.25) is 0 Å². The molecule has 130 valence electrons. The van der Waals surface area contributed by atoms with Crippen molar-refractivity contribution >= 4 is 28.3 Å². The van der Waals surface area contributed by atoms with Crippen LogP contribution in [0.2, 0.25) is 0 Å². The number of hydrogen-bond donors (Lipinski definition) is 0. The standard InChI is InChI=1S/C20H17N3O2S/c1-22(20-21-11-12-26-20)19(25)17(14-7-3-2-4-8-14)23-13-15-9-5-6-10-16(15)18(23)24/h2-12,17H,13H2,1H3/t17-/m0/s1. The lowest BCUT2D eigenvalue weighted by molar-refractivity contribution is -0.123. The van der Waals surface area contributed by atoms with Crippen LogP contribution in [-0.2, 0) is 11.3 Å². The SMILES string of the molecule is CN(C(=O)[C@H](c1ccccc1)N1Cc2ccccc2C1=O)c1nccs1. The number of benzene rings is 2. The van der Waals surface area contributed by atoms with Gasteiger partial charge in [0.1, 0.15) is 6.04 Å². The van der Waals surface area contributed by atoms with E-state index in [1.54, 1.807) is 18.1 Å². The van der Waals surface area contributed by atoms with Crippen molar-refractivity contribution in [1.29, 1.82) is 0 Å². The summed E-state index contributed by atoms with van der Waals surface area (Å²) in [5.41, 5.74) is 2.41. The summed E-state index contributed by atoms with van der Waals surface area (Å²) in [6.07, 6.45) is 1.66. The van der Waals surface area contributed by atoms with Crippen LogP contribution in [0.4, 0.5) is 5.13 Å². The van der Waals surface area contributed by atoms with Gasteiger partial charge in [-0.2, -0.15) is 0 Å². The molecule has 5 nitrogen and oxygen atoms in total. The number of nitrogens with zero attached hydrogens (tertiary/aromatic N) is 3. The Morgan fingerprint density at radius 2 is 1.88 bits per heavy atom. The first kappa shape index (κ1) is 16.5. The molecule has 0 radical (unpaired) electrons. The minimum atomic E-state index is -0.690. The molecule has 0 spiro atoms. The predicted octanol–water partition coefficient (Wildman–Crippen LogP) is 3.50. The van der Waals surface area contributed by atoms with E-state index < -0.39 is 6.04 Å². The zero-order chi connectivity index (χ0) is 18.1. The first-order valence-electron chi connectivity index (χ1n) is 8.27. The molecule has 2 amide bonds. The number of hydrogen-bond acceptors (Lipinski definition) is 4. The molecule has 1 atom stereocenters. The molecule has 1 aromatic heterocycles. The summed E-state index contributed by atoms with van der Waals surface area (Å²) < 4.78 is 0. The van der Waals surface area contributed by atoms with Gasteiger partial charge in [-0.15, -0.1) is 11.3 Å². The molecular formula is C20H17N3O2S. The van der Waals surface area contributed by atoms with Crippen LogP contribution in [0.25, 0.3) is 0 Å². The van der Waals surface area contributed by atoms with Crippen molar-refractivity contribution < 1.29 is 9.59 Å². The lowest BCUT2D eigenvalue weighted by Crippen LogP contribution is -2.41. The average molecular weight is 363 g/mol. The number of fused-ring (bicyclic) bond motifs is 1. The number of rotatable bonds is 4. The maximum absolute atomic E-state index is 13.3. The molecule has 0 bridgehead atoms. The van der Waals surface area contributed by atoms with Gasteiger partial charge in [0.05, 0.1) is 0 Å². The smallest absolute Gasteiger partial charge is 0.255 e. The monoisotopic (exact) mass is 363 g/mol. The first-order chi connectivity index (χ1) is 12.7. The molecule has 2 aromatic carbocycles. The Bertz CT molecular complexity index is 941. The van der Waals surface area contributed by atoms with Crippen molar-refractivity contribution in [2.24, 2.45) is 0 Å². The number of anilines is 1. The highest BCUT2D eigenvalue weighted by atomic mass is 32.1. The molecule has 3 aromatic rings. The van der Waals surface area contributed by atoms with Crippen LogP contribution in [0.15, 0.2) is 66.2 Å². The molecule has 1 aliphatic heterocycles. The Labute approximate surface area is 155 Å². The molecule has 0 N–H and O–H groups in total.